The zero-order valence-electron chi connectivity index (χ0n) is 18.3. The van der Waals surface area contributed by atoms with Gasteiger partial charge in [-0.1, -0.05) is 59.9 Å². The number of carboxylic acids is 1. The van der Waals surface area contributed by atoms with Gasteiger partial charge in [-0.15, -0.1) is 0 Å². The van der Waals surface area contributed by atoms with Gasteiger partial charge in [0.2, 0.25) is 0 Å². The normalized spacial score (nSPS) is 16.7. The van der Waals surface area contributed by atoms with Gasteiger partial charge in [0.05, 0.1) is 12.6 Å². The predicted molar refractivity (Wildman–Crippen MR) is 127 cm³/mol. The van der Waals surface area contributed by atoms with Crippen molar-refractivity contribution in [1.29, 1.82) is 0 Å². The molecule has 0 spiro atoms. The molecule has 1 aliphatic carbocycles. The summed E-state index contributed by atoms with van der Waals surface area (Å²) in [5.74, 6) is -1.23. The molecule has 5 rings (SSSR count). The summed E-state index contributed by atoms with van der Waals surface area (Å²) in [7, 11) is 0. The lowest BCUT2D eigenvalue weighted by Crippen LogP contribution is -2.36. The Balaban J connectivity index is 1.21. The van der Waals surface area contributed by atoms with Gasteiger partial charge in [-0.3, -0.25) is 14.9 Å². The minimum atomic E-state index is -0.924. The third kappa shape index (κ3) is 4.26. The zero-order valence-corrected chi connectivity index (χ0v) is 19.1. The first-order chi connectivity index (χ1) is 16.5. The fourth-order valence-electron chi connectivity index (χ4n) is 4.81. The molecule has 0 bridgehead atoms. The number of nitrogens with one attached hydrogen (secondary N) is 1. The van der Waals surface area contributed by atoms with E-state index in [1.54, 1.807) is 4.90 Å². The van der Waals surface area contributed by atoms with Crippen molar-refractivity contribution in [2.24, 2.45) is 0 Å². The second kappa shape index (κ2) is 9.26. The van der Waals surface area contributed by atoms with E-state index in [9.17, 15) is 14.4 Å². The molecule has 0 unspecified atom stereocenters. The molecule has 3 aromatic rings. The number of anilines is 1. The van der Waals surface area contributed by atoms with Gasteiger partial charge in [-0.2, -0.15) is 0 Å². The van der Waals surface area contributed by atoms with Crippen LogP contribution in [0.5, 0.6) is 0 Å². The van der Waals surface area contributed by atoms with Crippen molar-refractivity contribution in [3.8, 4) is 11.1 Å². The molecule has 1 aromatic heterocycles. The average molecular weight is 478 g/mol. The van der Waals surface area contributed by atoms with E-state index in [1.807, 2.05) is 24.3 Å². The molecule has 8 nitrogen and oxygen atoms in total. The van der Waals surface area contributed by atoms with E-state index in [-0.39, 0.29) is 36.0 Å². The Morgan fingerprint density at radius 2 is 1.76 bits per heavy atom. The lowest BCUT2D eigenvalue weighted by Gasteiger charge is -2.22. The maximum Gasteiger partial charge on any atom is 0.413 e. The molecule has 34 heavy (non-hydrogen) atoms. The summed E-state index contributed by atoms with van der Waals surface area (Å²) in [6.45, 7) is 0.700. The first-order valence-corrected chi connectivity index (χ1v) is 11.9. The number of hydrogen-bond donors (Lipinski definition) is 2. The molecule has 174 valence electrons. The van der Waals surface area contributed by atoms with E-state index in [0.29, 0.717) is 17.8 Å². The fourth-order valence-corrected chi connectivity index (χ4v) is 5.57. The van der Waals surface area contributed by atoms with Crippen LogP contribution in [0, 0.1) is 0 Å². The predicted octanol–water partition coefficient (Wildman–Crippen LogP) is 4.58. The van der Waals surface area contributed by atoms with Crippen LogP contribution in [-0.4, -0.2) is 52.2 Å². The number of nitrogens with zero attached hydrogens (tertiary/aromatic N) is 2. The summed E-state index contributed by atoms with van der Waals surface area (Å²) in [4.78, 5) is 42.4. The van der Waals surface area contributed by atoms with Gasteiger partial charge in [-0.05, 0) is 35.1 Å². The van der Waals surface area contributed by atoms with Crippen LogP contribution in [0.15, 0.2) is 54.7 Å². The number of aliphatic carboxylic acids is 1. The van der Waals surface area contributed by atoms with Crippen LogP contribution in [-0.2, 0) is 9.53 Å². The molecule has 9 heteroatoms. The van der Waals surface area contributed by atoms with Crippen LogP contribution >= 0.6 is 11.3 Å². The molecule has 1 aliphatic heterocycles. The number of likely N-dealkylation sites (tertiary alicyclic amines) is 1. The van der Waals surface area contributed by atoms with Gasteiger partial charge in [-0.25, -0.2) is 9.78 Å². The highest BCUT2D eigenvalue weighted by Gasteiger charge is 2.32. The van der Waals surface area contributed by atoms with Crippen LogP contribution in [0.25, 0.3) is 11.1 Å². The number of ether oxygens (including phenoxy) is 1. The second-order valence-corrected chi connectivity index (χ2v) is 9.40. The van der Waals surface area contributed by atoms with Gasteiger partial charge in [0.1, 0.15) is 11.5 Å². The van der Waals surface area contributed by atoms with Crippen molar-refractivity contribution >= 4 is 34.4 Å². The number of fused-ring (bicyclic) bond motifs is 3. The van der Waals surface area contributed by atoms with Gasteiger partial charge in [0.15, 0.2) is 5.13 Å². The summed E-state index contributed by atoms with van der Waals surface area (Å²) >= 11 is 1.05. The minimum absolute atomic E-state index is 0.0482. The van der Waals surface area contributed by atoms with Crippen molar-refractivity contribution in [1.82, 2.24) is 9.88 Å². The third-order valence-corrected chi connectivity index (χ3v) is 7.22. The summed E-state index contributed by atoms with van der Waals surface area (Å²) in [5, 5.41) is 11.9. The van der Waals surface area contributed by atoms with Crippen LogP contribution in [0.3, 0.4) is 0 Å². The molecule has 0 radical (unpaired) electrons. The molecule has 1 fully saturated rings. The summed E-state index contributed by atoms with van der Waals surface area (Å²) in [6.07, 6.45) is 2.13. The van der Waals surface area contributed by atoms with Crippen LogP contribution in [0.2, 0.25) is 0 Å². The lowest BCUT2D eigenvalue weighted by atomic mass is 9.98. The van der Waals surface area contributed by atoms with Crippen molar-refractivity contribution in [2.75, 3.05) is 18.5 Å². The zero-order chi connectivity index (χ0) is 23.7. The number of aromatic nitrogens is 1. The van der Waals surface area contributed by atoms with E-state index >= 15 is 0 Å². The topological polar surface area (TPSA) is 109 Å². The smallest absolute Gasteiger partial charge is 0.413 e. The van der Waals surface area contributed by atoms with E-state index in [4.69, 9.17) is 9.84 Å². The Labute approximate surface area is 200 Å². The van der Waals surface area contributed by atoms with Gasteiger partial charge in [0.25, 0.3) is 5.91 Å². The van der Waals surface area contributed by atoms with Crippen molar-refractivity contribution in [3.63, 3.8) is 0 Å². The number of rotatable bonds is 6. The van der Waals surface area contributed by atoms with E-state index < -0.39 is 12.1 Å². The number of hydrogen-bond acceptors (Lipinski definition) is 6. The van der Waals surface area contributed by atoms with Crippen LogP contribution in [0.4, 0.5) is 9.93 Å². The molecular formula is C25H23N3O5S. The maximum absolute atomic E-state index is 12.8. The molecule has 1 atom stereocenters. The SMILES string of the molecule is O=C(O)C[C@H]1CCCN1C(=O)c1cnc(NC(=O)OCC2c3ccccc3-c3ccccc32)s1. The van der Waals surface area contributed by atoms with Gasteiger partial charge in [0, 0.05) is 18.5 Å². The molecule has 0 saturated carbocycles. The lowest BCUT2D eigenvalue weighted by molar-refractivity contribution is -0.137. The average Bonchev–Trinajstić information content (AvgIpc) is 3.55. The fraction of sp³-hybridized carbons (Fsp3) is 0.280. The van der Waals surface area contributed by atoms with E-state index in [1.165, 1.54) is 6.20 Å². The number of carbonyl (C=O) groups excluding carboxylic acids is 2. The standard InChI is InChI=1S/C25H23N3O5S/c29-22(30)12-15-6-5-11-28(15)23(31)21-13-26-24(34-21)27-25(32)33-14-20-18-9-3-1-7-16(18)17-8-2-4-10-19(17)20/h1-4,7-10,13,15,20H,5-6,11-12,14H2,(H,29,30)(H,26,27,32)/t15-/m1/s1. The maximum atomic E-state index is 12.8. The van der Waals surface area contributed by atoms with Crippen LogP contribution in [0.1, 0.15) is 46.0 Å². The number of amides is 2. The largest absolute Gasteiger partial charge is 0.481 e. The van der Waals surface area contributed by atoms with E-state index in [0.717, 1.165) is 40.0 Å². The molecular weight excluding hydrogens is 454 g/mol. The number of thiazole rings is 1. The molecule has 1 saturated heterocycles. The highest BCUT2D eigenvalue weighted by Crippen LogP contribution is 2.44. The second-order valence-electron chi connectivity index (χ2n) is 8.37. The van der Waals surface area contributed by atoms with Gasteiger partial charge >= 0.3 is 12.1 Å². The molecule has 2 N–H and O–H groups in total. The Bertz CT molecular complexity index is 1210. The first-order valence-electron chi connectivity index (χ1n) is 11.1. The highest BCUT2D eigenvalue weighted by atomic mass is 32.1. The van der Waals surface area contributed by atoms with Gasteiger partial charge < -0.3 is 14.7 Å². The van der Waals surface area contributed by atoms with E-state index in [2.05, 4.69) is 34.6 Å². The minimum Gasteiger partial charge on any atom is -0.481 e. The molecule has 2 aliphatic rings. The molecule has 2 amide bonds. The summed E-state index contributed by atoms with van der Waals surface area (Å²) in [5.41, 5.74) is 4.55. The van der Waals surface area contributed by atoms with Crippen molar-refractivity contribution in [3.05, 3.63) is 70.7 Å². The number of carboxylic acid groups (broad SMARTS) is 1. The third-order valence-electron chi connectivity index (χ3n) is 6.32. The Kier molecular flexibility index (Phi) is 6.02. The van der Waals surface area contributed by atoms with Crippen LogP contribution < -0.4 is 5.32 Å². The highest BCUT2D eigenvalue weighted by molar-refractivity contribution is 7.17. The monoisotopic (exact) mass is 477 g/mol. The Morgan fingerprint density at radius 1 is 1.09 bits per heavy atom. The van der Waals surface area contributed by atoms with Crippen molar-refractivity contribution < 1.29 is 24.2 Å². The molecule has 2 aromatic carbocycles. The number of carbonyl (C=O) groups is 3. The number of benzene rings is 2. The first kappa shape index (κ1) is 22.1. The summed E-state index contributed by atoms with van der Waals surface area (Å²) in [6, 6.07) is 15.9. The van der Waals surface area contributed by atoms with Crippen molar-refractivity contribution in [2.45, 2.75) is 31.2 Å². The Hall–Kier alpha value is -3.72. The quantitative estimate of drug-likeness (QED) is 0.538. The Morgan fingerprint density at radius 3 is 2.44 bits per heavy atom. The summed E-state index contributed by atoms with van der Waals surface area (Å²) < 4.78 is 5.53. The molecule has 2 heterocycles.